The minimum Gasteiger partial charge on any atom is -0.314 e. The fraction of sp³-hybridized carbons (Fsp3) is 0.600. The van der Waals surface area contributed by atoms with Crippen molar-refractivity contribution >= 4 is 11.6 Å². The molecule has 0 spiro atoms. The van der Waals surface area contributed by atoms with E-state index in [1.54, 1.807) is 6.07 Å². The lowest BCUT2D eigenvalue weighted by Crippen LogP contribution is -2.45. The van der Waals surface area contributed by atoms with Crippen LogP contribution in [0.1, 0.15) is 31.9 Å². The van der Waals surface area contributed by atoms with Gasteiger partial charge in [-0.2, -0.15) is 0 Å². The zero-order valence-corrected chi connectivity index (χ0v) is 12.4. The van der Waals surface area contributed by atoms with E-state index in [0.29, 0.717) is 10.9 Å². The number of benzene rings is 1. The predicted octanol–water partition coefficient (Wildman–Crippen LogP) is 3.47. The number of nitrogens with zero attached hydrogens (tertiary/aromatic N) is 1. The summed E-state index contributed by atoms with van der Waals surface area (Å²) in [6.45, 7) is 8.42. The molecule has 2 nitrogen and oxygen atoms in total. The number of halogens is 2. The molecule has 0 amide bonds. The van der Waals surface area contributed by atoms with Gasteiger partial charge in [0.1, 0.15) is 5.82 Å². The minimum absolute atomic E-state index is 0.244. The molecule has 1 heterocycles. The SMILES string of the molecule is CC(C)C[C@H](c1cc(F)cc(Cl)c1)N1CCNCC1. The third-order valence-corrected chi connectivity index (χ3v) is 3.77. The molecule has 1 aliphatic heterocycles. The molecule has 1 atom stereocenters. The number of rotatable bonds is 4. The highest BCUT2D eigenvalue weighted by molar-refractivity contribution is 6.30. The Kier molecular flexibility index (Phi) is 5.20. The summed E-state index contributed by atoms with van der Waals surface area (Å²) in [5.74, 6) is 0.327. The van der Waals surface area contributed by atoms with Crippen molar-refractivity contribution in [2.45, 2.75) is 26.3 Å². The van der Waals surface area contributed by atoms with Crippen LogP contribution in [0.15, 0.2) is 18.2 Å². The Bertz CT molecular complexity index is 396. The molecule has 1 N–H and O–H groups in total. The molecule has 1 aromatic carbocycles. The Labute approximate surface area is 119 Å². The van der Waals surface area contributed by atoms with E-state index in [-0.39, 0.29) is 11.9 Å². The second-order valence-corrected chi connectivity index (χ2v) is 6.07. The summed E-state index contributed by atoms with van der Waals surface area (Å²) in [5, 5.41) is 3.84. The molecule has 0 bridgehead atoms. The maximum atomic E-state index is 13.6. The molecule has 0 aromatic heterocycles. The van der Waals surface area contributed by atoms with Gasteiger partial charge < -0.3 is 5.32 Å². The summed E-state index contributed by atoms with van der Waals surface area (Å²) in [7, 11) is 0. The van der Waals surface area contributed by atoms with Gasteiger partial charge in [0.05, 0.1) is 0 Å². The molecular formula is C15H22ClFN2. The average molecular weight is 285 g/mol. The van der Waals surface area contributed by atoms with E-state index >= 15 is 0 Å². The number of hydrogen-bond donors (Lipinski definition) is 1. The van der Waals surface area contributed by atoms with Crippen molar-refractivity contribution in [1.82, 2.24) is 10.2 Å². The second-order valence-electron chi connectivity index (χ2n) is 5.63. The Morgan fingerprint density at radius 2 is 1.95 bits per heavy atom. The Hall–Kier alpha value is -0.640. The van der Waals surface area contributed by atoms with Gasteiger partial charge in [0, 0.05) is 37.2 Å². The summed E-state index contributed by atoms with van der Waals surface area (Å²) in [5.41, 5.74) is 1.00. The number of hydrogen-bond acceptors (Lipinski definition) is 2. The zero-order valence-electron chi connectivity index (χ0n) is 11.6. The van der Waals surface area contributed by atoms with Crippen molar-refractivity contribution in [3.63, 3.8) is 0 Å². The fourth-order valence-electron chi connectivity index (χ4n) is 2.70. The topological polar surface area (TPSA) is 15.3 Å². The van der Waals surface area contributed by atoms with Crippen LogP contribution >= 0.6 is 11.6 Å². The van der Waals surface area contributed by atoms with Gasteiger partial charge in [-0.3, -0.25) is 4.90 Å². The van der Waals surface area contributed by atoms with Gasteiger partial charge in [0.25, 0.3) is 0 Å². The predicted molar refractivity (Wildman–Crippen MR) is 78.0 cm³/mol. The minimum atomic E-state index is -0.244. The first-order chi connectivity index (χ1) is 9.06. The van der Waals surface area contributed by atoms with Gasteiger partial charge in [-0.05, 0) is 36.1 Å². The van der Waals surface area contributed by atoms with Gasteiger partial charge in [-0.1, -0.05) is 25.4 Å². The highest BCUT2D eigenvalue weighted by atomic mass is 35.5. The first-order valence-electron chi connectivity index (χ1n) is 6.97. The second kappa shape index (κ2) is 6.69. The molecule has 0 aliphatic carbocycles. The molecule has 2 rings (SSSR count). The van der Waals surface area contributed by atoms with E-state index in [1.807, 2.05) is 6.07 Å². The van der Waals surface area contributed by atoms with Crippen LogP contribution in [-0.4, -0.2) is 31.1 Å². The van der Waals surface area contributed by atoms with Crippen LogP contribution in [0.5, 0.6) is 0 Å². The summed E-state index contributed by atoms with van der Waals surface area (Å²) >= 11 is 6.00. The molecule has 1 aliphatic rings. The quantitative estimate of drug-likeness (QED) is 0.911. The van der Waals surface area contributed by atoms with Crippen LogP contribution in [0.25, 0.3) is 0 Å². The van der Waals surface area contributed by atoms with Gasteiger partial charge >= 0.3 is 0 Å². The third-order valence-electron chi connectivity index (χ3n) is 3.56. The smallest absolute Gasteiger partial charge is 0.125 e. The van der Waals surface area contributed by atoms with E-state index in [1.165, 1.54) is 6.07 Å². The van der Waals surface area contributed by atoms with Crippen LogP contribution in [-0.2, 0) is 0 Å². The Balaban J connectivity index is 2.24. The third kappa shape index (κ3) is 4.16. The average Bonchev–Trinajstić information content (AvgIpc) is 2.35. The van der Waals surface area contributed by atoms with Crippen LogP contribution in [0.3, 0.4) is 0 Å². The number of piperazine rings is 1. The standard InChI is InChI=1S/C15H22ClFN2/c1-11(2)7-15(19-5-3-18-4-6-19)12-8-13(16)10-14(17)9-12/h8-11,15,18H,3-7H2,1-2H3/t15-/m1/s1. The lowest BCUT2D eigenvalue weighted by molar-refractivity contribution is 0.154. The summed E-state index contributed by atoms with van der Waals surface area (Å²) in [6, 6.07) is 5.16. The Morgan fingerprint density at radius 3 is 2.53 bits per heavy atom. The van der Waals surface area contributed by atoms with Crippen molar-refractivity contribution < 1.29 is 4.39 Å². The highest BCUT2D eigenvalue weighted by Gasteiger charge is 2.23. The first kappa shape index (κ1) is 14.8. The van der Waals surface area contributed by atoms with Crippen LogP contribution in [0, 0.1) is 11.7 Å². The summed E-state index contributed by atoms with van der Waals surface area (Å²) in [4.78, 5) is 2.43. The van der Waals surface area contributed by atoms with Crippen molar-refractivity contribution in [2.24, 2.45) is 5.92 Å². The molecule has 19 heavy (non-hydrogen) atoms. The molecule has 0 unspecified atom stereocenters. The van der Waals surface area contributed by atoms with E-state index in [9.17, 15) is 4.39 Å². The lowest BCUT2D eigenvalue weighted by Gasteiger charge is -2.36. The summed E-state index contributed by atoms with van der Waals surface area (Å²) in [6.07, 6.45) is 1.03. The van der Waals surface area contributed by atoms with Crippen molar-refractivity contribution in [1.29, 1.82) is 0 Å². The molecular weight excluding hydrogens is 263 g/mol. The molecule has 0 radical (unpaired) electrons. The maximum absolute atomic E-state index is 13.6. The van der Waals surface area contributed by atoms with Gasteiger partial charge in [-0.25, -0.2) is 4.39 Å². The van der Waals surface area contributed by atoms with Crippen molar-refractivity contribution in [3.05, 3.63) is 34.6 Å². The van der Waals surface area contributed by atoms with E-state index in [2.05, 4.69) is 24.1 Å². The first-order valence-corrected chi connectivity index (χ1v) is 7.35. The van der Waals surface area contributed by atoms with Crippen LogP contribution in [0.2, 0.25) is 5.02 Å². The molecule has 1 saturated heterocycles. The van der Waals surface area contributed by atoms with Crippen molar-refractivity contribution in [3.8, 4) is 0 Å². The van der Waals surface area contributed by atoms with E-state index < -0.39 is 0 Å². The van der Waals surface area contributed by atoms with Crippen LogP contribution in [0.4, 0.5) is 4.39 Å². The van der Waals surface area contributed by atoms with Crippen molar-refractivity contribution in [2.75, 3.05) is 26.2 Å². The van der Waals surface area contributed by atoms with Gasteiger partial charge in [-0.15, -0.1) is 0 Å². The molecule has 1 aromatic rings. The monoisotopic (exact) mass is 284 g/mol. The summed E-state index contributed by atoms with van der Waals surface area (Å²) < 4.78 is 13.6. The van der Waals surface area contributed by atoms with Crippen LogP contribution < -0.4 is 5.32 Å². The Morgan fingerprint density at radius 1 is 1.26 bits per heavy atom. The highest BCUT2D eigenvalue weighted by Crippen LogP contribution is 2.30. The fourth-order valence-corrected chi connectivity index (χ4v) is 2.93. The zero-order chi connectivity index (χ0) is 13.8. The molecule has 0 saturated carbocycles. The van der Waals surface area contributed by atoms with E-state index in [0.717, 1.165) is 38.2 Å². The largest absolute Gasteiger partial charge is 0.314 e. The normalized spacial score (nSPS) is 18.8. The number of nitrogens with one attached hydrogen (secondary N) is 1. The molecule has 4 heteroatoms. The van der Waals surface area contributed by atoms with E-state index in [4.69, 9.17) is 11.6 Å². The molecule has 106 valence electrons. The maximum Gasteiger partial charge on any atom is 0.125 e. The molecule has 1 fully saturated rings. The van der Waals surface area contributed by atoms with Gasteiger partial charge in [0.2, 0.25) is 0 Å². The lowest BCUT2D eigenvalue weighted by atomic mass is 9.95. The van der Waals surface area contributed by atoms with Gasteiger partial charge in [0.15, 0.2) is 0 Å².